The summed E-state index contributed by atoms with van der Waals surface area (Å²) in [7, 11) is 0. The maximum Gasteiger partial charge on any atom is 0.292 e. The van der Waals surface area contributed by atoms with E-state index in [9.17, 15) is 25.0 Å². The summed E-state index contributed by atoms with van der Waals surface area (Å²) in [6, 6.07) is 10.6. The number of para-hydroxylation sites is 4. The molecule has 3 rings (SSSR count). The largest absolute Gasteiger partial charge is 0.371 e. The predicted octanol–water partition coefficient (Wildman–Crippen LogP) is 2.90. The Labute approximate surface area is 147 Å². The molecule has 1 aliphatic rings. The van der Waals surface area contributed by atoms with Crippen LogP contribution in [0.3, 0.4) is 0 Å². The van der Waals surface area contributed by atoms with Crippen molar-refractivity contribution < 1.29 is 14.6 Å². The Hall–Kier alpha value is -3.75. The zero-order valence-corrected chi connectivity index (χ0v) is 13.4. The first-order valence-corrected chi connectivity index (χ1v) is 7.69. The third-order valence-electron chi connectivity index (χ3n) is 3.97. The van der Waals surface area contributed by atoms with Gasteiger partial charge < -0.3 is 10.6 Å². The Morgan fingerprint density at radius 2 is 1.31 bits per heavy atom. The van der Waals surface area contributed by atoms with E-state index < -0.39 is 21.9 Å². The molecule has 26 heavy (non-hydrogen) atoms. The molecule has 0 spiro atoms. The lowest BCUT2D eigenvalue weighted by Gasteiger charge is -2.22. The number of anilines is 2. The molecule has 1 aliphatic carbocycles. The van der Waals surface area contributed by atoms with Crippen LogP contribution in [0.5, 0.6) is 0 Å². The third kappa shape index (κ3) is 3.36. The topological polar surface area (TPSA) is 127 Å². The second-order valence-corrected chi connectivity index (χ2v) is 5.60. The molecule has 0 aliphatic heterocycles. The van der Waals surface area contributed by atoms with Crippen molar-refractivity contribution in [1.29, 1.82) is 0 Å². The zero-order valence-electron chi connectivity index (χ0n) is 13.4. The summed E-state index contributed by atoms with van der Waals surface area (Å²) in [5, 5.41) is 28.1. The number of hydrogen-bond donors (Lipinski definition) is 2. The lowest BCUT2D eigenvalue weighted by Crippen LogP contribution is -2.39. The number of carbonyl (C=O) groups is 1. The van der Waals surface area contributed by atoms with Gasteiger partial charge in [0.25, 0.3) is 11.4 Å². The third-order valence-corrected chi connectivity index (χ3v) is 3.97. The number of nitro benzene ring substituents is 2. The van der Waals surface area contributed by atoms with Crippen LogP contribution in [-0.2, 0) is 4.79 Å². The van der Waals surface area contributed by atoms with Crippen LogP contribution < -0.4 is 10.6 Å². The molecule has 0 saturated heterocycles. The minimum Gasteiger partial charge on any atom is -0.371 e. The van der Waals surface area contributed by atoms with Crippen LogP contribution in [0.1, 0.15) is 0 Å². The average Bonchev–Trinajstić information content (AvgIpc) is 2.95. The van der Waals surface area contributed by atoms with Crippen LogP contribution in [0.25, 0.3) is 0 Å². The van der Waals surface area contributed by atoms with Gasteiger partial charge in [0, 0.05) is 12.1 Å². The first-order chi connectivity index (χ1) is 12.5. The molecule has 9 nitrogen and oxygen atoms in total. The van der Waals surface area contributed by atoms with E-state index in [0.717, 1.165) is 0 Å². The lowest BCUT2D eigenvalue weighted by atomic mass is 10.1. The molecular formula is C17H14N4O5. The van der Waals surface area contributed by atoms with Crippen molar-refractivity contribution in [1.82, 2.24) is 0 Å². The summed E-state index contributed by atoms with van der Waals surface area (Å²) in [6.07, 6.45) is 2.92. The lowest BCUT2D eigenvalue weighted by molar-refractivity contribution is -0.384. The average molecular weight is 354 g/mol. The number of hydrogen-bond acceptors (Lipinski definition) is 7. The first-order valence-electron chi connectivity index (χ1n) is 7.69. The number of ketones is 1. The highest BCUT2D eigenvalue weighted by Gasteiger charge is 2.32. The Balaban J connectivity index is 1.86. The molecule has 2 N–H and O–H groups in total. The highest BCUT2D eigenvalue weighted by molar-refractivity contribution is 6.00. The summed E-state index contributed by atoms with van der Waals surface area (Å²) in [4.78, 5) is 33.4. The summed E-state index contributed by atoms with van der Waals surface area (Å²) >= 11 is 0. The smallest absolute Gasteiger partial charge is 0.292 e. The first kappa shape index (κ1) is 17.1. The van der Waals surface area contributed by atoms with Gasteiger partial charge in [0.1, 0.15) is 17.4 Å². The van der Waals surface area contributed by atoms with Crippen molar-refractivity contribution >= 4 is 28.5 Å². The number of nitrogens with zero attached hydrogens (tertiary/aromatic N) is 2. The maximum atomic E-state index is 12.2. The Morgan fingerprint density at radius 1 is 0.808 bits per heavy atom. The molecule has 2 aromatic carbocycles. The van der Waals surface area contributed by atoms with Crippen molar-refractivity contribution in [2.75, 3.05) is 10.6 Å². The SMILES string of the molecule is O=C1C=C[C@H](Nc2ccccc2[N+](=O)[O-])[C@@H]1Nc1ccccc1[N+](=O)[O-]. The van der Waals surface area contributed by atoms with Crippen molar-refractivity contribution in [3.8, 4) is 0 Å². The fraction of sp³-hybridized carbons (Fsp3) is 0.118. The van der Waals surface area contributed by atoms with Crippen LogP contribution in [0.2, 0.25) is 0 Å². The van der Waals surface area contributed by atoms with Crippen molar-refractivity contribution in [3.63, 3.8) is 0 Å². The summed E-state index contributed by atoms with van der Waals surface area (Å²) in [5.74, 6) is -0.278. The number of nitrogens with one attached hydrogen (secondary N) is 2. The Bertz CT molecular complexity index is 912. The van der Waals surface area contributed by atoms with E-state index in [1.807, 2.05) is 0 Å². The molecule has 0 amide bonds. The van der Waals surface area contributed by atoms with E-state index in [0.29, 0.717) is 0 Å². The van der Waals surface area contributed by atoms with Crippen LogP contribution in [0.15, 0.2) is 60.7 Å². The molecule has 0 heterocycles. The van der Waals surface area contributed by atoms with Gasteiger partial charge in [-0.3, -0.25) is 25.0 Å². The number of benzene rings is 2. The molecule has 0 aromatic heterocycles. The van der Waals surface area contributed by atoms with Crippen molar-refractivity contribution in [2.45, 2.75) is 12.1 Å². The van der Waals surface area contributed by atoms with Crippen LogP contribution in [0, 0.1) is 20.2 Å². The molecule has 0 saturated carbocycles. The molecule has 132 valence electrons. The monoisotopic (exact) mass is 354 g/mol. The van der Waals surface area contributed by atoms with Gasteiger partial charge in [-0.2, -0.15) is 0 Å². The fourth-order valence-electron chi connectivity index (χ4n) is 2.74. The van der Waals surface area contributed by atoms with Gasteiger partial charge in [-0.05, 0) is 18.2 Å². The molecule has 2 atom stereocenters. The van der Waals surface area contributed by atoms with E-state index in [1.54, 1.807) is 24.3 Å². The van der Waals surface area contributed by atoms with Gasteiger partial charge in [-0.25, -0.2) is 0 Å². The van der Waals surface area contributed by atoms with Gasteiger partial charge in [0.2, 0.25) is 0 Å². The van der Waals surface area contributed by atoms with Crippen molar-refractivity contribution in [3.05, 3.63) is 80.9 Å². The summed E-state index contributed by atoms with van der Waals surface area (Å²) < 4.78 is 0. The quantitative estimate of drug-likeness (QED) is 0.603. The van der Waals surface area contributed by atoms with Crippen LogP contribution >= 0.6 is 0 Å². The van der Waals surface area contributed by atoms with Gasteiger partial charge >= 0.3 is 0 Å². The molecule has 0 unspecified atom stereocenters. The standard InChI is InChI=1S/C17H14N4O5/c22-16-10-9-13(18-11-5-1-3-7-14(11)20(23)24)17(16)19-12-6-2-4-8-15(12)21(25)26/h1-10,13,17-19H/t13-,17-/m0/s1. The second-order valence-electron chi connectivity index (χ2n) is 5.60. The van der Waals surface area contributed by atoms with Gasteiger partial charge in [0.15, 0.2) is 5.78 Å². The van der Waals surface area contributed by atoms with E-state index in [2.05, 4.69) is 10.6 Å². The number of carbonyl (C=O) groups excluding carboxylic acids is 1. The minimum atomic E-state index is -0.823. The molecule has 0 fully saturated rings. The second kappa shape index (κ2) is 7.01. The van der Waals surface area contributed by atoms with Gasteiger partial charge in [0.05, 0.1) is 15.9 Å². The molecular weight excluding hydrogens is 340 g/mol. The van der Waals surface area contributed by atoms with Crippen LogP contribution in [-0.4, -0.2) is 27.7 Å². The summed E-state index contributed by atoms with van der Waals surface area (Å²) in [6.45, 7) is 0. The molecule has 2 aromatic rings. The van der Waals surface area contributed by atoms with E-state index in [4.69, 9.17) is 0 Å². The van der Waals surface area contributed by atoms with E-state index >= 15 is 0 Å². The minimum absolute atomic E-state index is 0.121. The van der Waals surface area contributed by atoms with Crippen LogP contribution in [0.4, 0.5) is 22.7 Å². The molecule has 9 heteroatoms. The van der Waals surface area contributed by atoms with Gasteiger partial charge in [-0.15, -0.1) is 0 Å². The van der Waals surface area contributed by atoms with E-state index in [-0.39, 0.29) is 28.5 Å². The van der Waals surface area contributed by atoms with Crippen molar-refractivity contribution in [2.24, 2.45) is 0 Å². The summed E-state index contributed by atoms with van der Waals surface area (Å²) in [5.41, 5.74) is 0.187. The normalized spacial score (nSPS) is 18.5. The zero-order chi connectivity index (χ0) is 18.7. The Morgan fingerprint density at radius 3 is 1.85 bits per heavy atom. The highest BCUT2D eigenvalue weighted by atomic mass is 16.6. The fourth-order valence-corrected chi connectivity index (χ4v) is 2.74. The highest BCUT2D eigenvalue weighted by Crippen LogP contribution is 2.29. The predicted molar refractivity (Wildman–Crippen MR) is 95.2 cm³/mol. The number of nitro groups is 2. The Kier molecular flexibility index (Phi) is 4.61. The number of rotatable bonds is 6. The molecule has 0 bridgehead atoms. The maximum absolute atomic E-state index is 12.2. The van der Waals surface area contributed by atoms with Gasteiger partial charge in [-0.1, -0.05) is 30.3 Å². The molecule has 0 radical (unpaired) electrons. The van der Waals surface area contributed by atoms with E-state index in [1.165, 1.54) is 36.4 Å².